The quantitative estimate of drug-likeness (QED) is 0.787. The van der Waals surface area contributed by atoms with Gasteiger partial charge in [-0.2, -0.15) is 0 Å². The van der Waals surface area contributed by atoms with Crippen LogP contribution in [0, 0.1) is 0 Å². The largest absolute Gasteiger partial charge is 0.339 e. The summed E-state index contributed by atoms with van der Waals surface area (Å²) in [6.07, 6.45) is 0.168. The molecule has 0 N–H and O–H groups in total. The van der Waals surface area contributed by atoms with E-state index in [1.165, 1.54) is 0 Å². The van der Waals surface area contributed by atoms with Crippen LogP contribution in [0.5, 0.6) is 0 Å². The Balaban J connectivity index is 1.65. The molecular weight excluding hydrogens is 366 g/mol. The molecule has 4 rings (SSSR count). The maximum atomic E-state index is 13.1. The van der Waals surface area contributed by atoms with Gasteiger partial charge in [-0.15, -0.1) is 0 Å². The van der Waals surface area contributed by atoms with Crippen molar-refractivity contribution in [3.05, 3.63) is 47.5 Å². The first-order chi connectivity index (χ1) is 15.7. The predicted molar refractivity (Wildman–Crippen MR) is 108 cm³/mol. The van der Waals surface area contributed by atoms with Crippen LogP contribution in [0.1, 0.15) is 17.4 Å². The van der Waals surface area contributed by atoms with Crippen molar-refractivity contribution < 1.29 is 15.2 Å². The first-order valence-corrected chi connectivity index (χ1v) is 9.78. The maximum absolute atomic E-state index is 13.1. The van der Waals surface area contributed by atoms with Crippen LogP contribution < -0.4 is 4.90 Å². The van der Waals surface area contributed by atoms with Gasteiger partial charge in [0, 0.05) is 48.5 Å². The van der Waals surface area contributed by atoms with Crippen LogP contribution in [0.2, 0.25) is 5.02 Å². The standard InChI is InChI=1S/C20H24ClN3OS/c1-22-11-13-23(14-12-22)9-4-10-24-17-5-2-3-6-19(17)26(25)20-8-7-16(21)15-18(20)24/h2-3,5-8,15H,4,9-14H2,1H3/i11D2,12D2,13D2,14D2. The van der Waals surface area contributed by atoms with Crippen molar-refractivity contribution in [3.63, 3.8) is 0 Å². The number of fused-ring (bicyclic) bond motifs is 2. The predicted octanol–water partition coefficient (Wildman–Crippen LogP) is 3.60. The Morgan fingerprint density at radius 2 is 1.77 bits per heavy atom. The Kier molecular flexibility index (Phi) is 3.20. The van der Waals surface area contributed by atoms with E-state index in [0.29, 0.717) is 36.0 Å². The van der Waals surface area contributed by atoms with Gasteiger partial charge in [0.15, 0.2) is 0 Å². The minimum absolute atomic E-state index is 0.168. The molecule has 2 aromatic carbocycles. The molecule has 0 aromatic heterocycles. The fourth-order valence-electron chi connectivity index (χ4n) is 3.01. The molecule has 1 fully saturated rings. The highest BCUT2D eigenvalue weighted by molar-refractivity contribution is 7.85. The van der Waals surface area contributed by atoms with Crippen LogP contribution in [0.15, 0.2) is 52.3 Å². The number of halogens is 1. The van der Waals surface area contributed by atoms with Gasteiger partial charge in [0.1, 0.15) is 0 Å². The second-order valence-corrected chi connectivity index (χ2v) is 7.87. The van der Waals surface area contributed by atoms with E-state index in [1.54, 1.807) is 36.4 Å². The number of benzene rings is 2. The molecule has 1 saturated heterocycles. The highest BCUT2D eigenvalue weighted by atomic mass is 35.5. The molecule has 2 heterocycles. The third-order valence-corrected chi connectivity index (χ3v) is 5.96. The van der Waals surface area contributed by atoms with Crippen LogP contribution in [-0.2, 0) is 10.8 Å². The highest BCUT2D eigenvalue weighted by Crippen LogP contribution is 2.42. The molecule has 0 aliphatic carbocycles. The van der Waals surface area contributed by atoms with E-state index in [2.05, 4.69) is 0 Å². The fraction of sp³-hybridized carbons (Fsp3) is 0.400. The summed E-state index contributed by atoms with van der Waals surface area (Å²) in [6, 6.07) is 12.2. The van der Waals surface area contributed by atoms with Crippen molar-refractivity contribution in [2.75, 3.05) is 51.0 Å². The van der Waals surface area contributed by atoms with Crippen molar-refractivity contribution >= 4 is 33.8 Å². The van der Waals surface area contributed by atoms with Crippen LogP contribution in [0.4, 0.5) is 11.4 Å². The van der Waals surface area contributed by atoms with E-state index in [9.17, 15) is 4.21 Å². The van der Waals surface area contributed by atoms with Gasteiger partial charge < -0.3 is 14.7 Å². The molecule has 138 valence electrons. The van der Waals surface area contributed by atoms with Crippen molar-refractivity contribution in [1.29, 1.82) is 0 Å². The van der Waals surface area contributed by atoms with E-state index in [-0.39, 0.29) is 19.5 Å². The van der Waals surface area contributed by atoms with Gasteiger partial charge in [0.2, 0.25) is 0 Å². The third kappa shape index (κ3) is 3.54. The summed E-state index contributed by atoms with van der Waals surface area (Å²) in [5.41, 5.74) is 1.31. The molecule has 2 aromatic rings. The fourth-order valence-corrected chi connectivity index (χ4v) is 4.53. The van der Waals surface area contributed by atoms with Crippen molar-refractivity contribution in [2.24, 2.45) is 0 Å². The number of piperazine rings is 1. The lowest BCUT2D eigenvalue weighted by Crippen LogP contribution is -2.45. The lowest BCUT2D eigenvalue weighted by molar-refractivity contribution is 0.153. The summed E-state index contributed by atoms with van der Waals surface area (Å²) in [6.45, 7) is -11.2. The Labute approximate surface area is 174 Å². The molecule has 0 spiro atoms. The lowest BCUT2D eigenvalue weighted by Gasteiger charge is -2.35. The van der Waals surface area contributed by atoms with Gasteiger partial charge in [-0.1, -0.05) is 23.7 Å². The number of nitrogens with zero attached hydrogens (tertiary/aromatic N) is 3. The van der Waals surface area contributed by atoms with E-state index >= 15 is 0 Å². The van der Waals surface area contributed by atoms with E-state index in [0.717, 1.165) is 7.05 Å². The topological polar surface area (TPSA) is 26.8 Å². The Hall–Kier alpha value is -1.40. The second-order valence-electron chi connectivity index (χ2n) is 6.01. The minimum Gasteiger partial charge on any atom is -0.339 e. The summed E-state index contributed by atoms with van der Waals surface area (Å²) in [5.74, 6) is 0. The van der Waals surface area contributed by atoms with Crippen molar-refractivity contribution in [2.45, 2.75) is 16.2 Å². The lowest BCUT2D eigenvalue weighted by atomic mass is 10.2. The average Bonchev–Trinajstić information content (AvgIpc) is 2.76. The molecule has 6 heteroatoms. The summed E-state index contributed by atoms with van der Waals surface area (Å²) >= 11 is 6.20. The van der Waals surface area contributed by atoms with Crippen molar-refractivity contribution in [3.8, 4) is 0 Å². The number of hydrogen-bond acceptors (Lipinski definition) is 4. The van der Waals surface area contributed by atoms with Gasteiger partial charge in [0.25, 0.3) is 0 Å². The summed E-state index contributed by atoms with van der Waals surface area (Å²) in [4.78, 5) is 4.16. The second kappa shape index (κ2) is 7.69. The molecule has 0 saturated carbocycles. The number of rotatable bonds is 4. The summed E-state index contributed by atoms with van der Waals surface area (Å²) < 4.78 is 79.2. The molecule has 1 unspecified atom stereocenters. The molecule has 26 heavy (non-hydrogen) atoms. The minimum atomic E-state index is -2.81. The van der Waals surface area contributed by atoms with Gasteiger partial charge >= 0.3 is 0 Å². The Bertz CT molecular complexity index is 1120. The number of hydrogen-bond donors (Lipinski definition) is 0. The summed E-state index contributed by atoms with van der Waals surface area (Å²) in [5, 5.41) is 0.452. The number of anilines is 2. The van der Waals surface area contributed by atoms with E-state index in [4.69, 9.17) is 22.6 Å². The molecule has 0 amide bonds. The number of likely N-dealkylation sites (N-methyl/N-ethyl adjacent to an activating group) is 1. The Morgan fingerprint density at radius 3 is 2.58 bits per heavy atom. The summed E-state index contributed by atoms with van der Waals surface area (Å²) in [7, 11) is -0.374. The molecule has 4 nitrogen and oxygen atoms in total. The van der Waals surface area contributed by atoms with E-state index < -0.39 is 36.8 Å². The molecule has 2 aliphatic rings. The van der Waals surface area contributed by atoms with Crippen molar-refractivity contribution in [1.82, 2.24) is 9.80 Å². The monoisotopic (exact) mass is 397 g/mol. The van der Waals surface area contributed by atoms with Crippen LogP contribution in [0.3, 0.4) is 0 Å². The van der Waals surface area contributed by atoms with Crippen LogP contribution in [0.25, 0.3) is 0 Å². The third-order valence-electron chi connectivity index (χ3n) is 4.24. The van der Waals surface area contributed by atoms with Gasteiger partial charge in [-0.05, 0) is 50.3 Å². The maximum Gasteiger partial charge on any atom is 0.0892 e. The zero-order chi connectivity index (χ0) is 25.3. The molecular formula is C20H24ClN3OS. The first kappa shape index (κ1) is 10.8. The molecule has 0 radical (unpaired) electrons. The molecule has 0 bridgehead atoms. The molecule has 2 aliphatic heterocycles. The normalized spacial score (nSPS) is 33.0. The smallest absolute Gasteiger partial charge is 0.0892 e. The zero-order valence-corrected chi connectivity index (χ0v) is 15.8. The highest BCUT2D eigenvalue weighted by Gasteiger charge is 2.28. The van der Waals surface area contributed by atoms with Gasteiger partial charge in [-0.25, -0.2) is 4.21 Å². The molecule has 1 atom stereocenters. The first-order valence-electron chi connectivity index (χ1n) is 12.3. The van der Waals surface area contributed by atoms with Crippen LogP contribution in [-0.4, -0.2) is 60.1 Å². The zero-order valence-electron chi connectivity index (χ0n) is 22.2. The van der Waals surface area contributed by atoms with Gasteiger partial charge in [0.05, 0.1) is 32.0 Å². The Morgan fingerprint density at radius 1 is 1.04 bits per heavy atom. The van der Waals surface area contributed by atoms with E-state index in [1.807, 2.05) is 11.0 Å². The van der Waals surface area contributed by atoms with Crippen LogP contribution >= 0.6 is 11.6 Å². The SMILES string of the molecule is [2H]C1([2H])N(C)C([2H])([2H])C([2H])([2H])N(CCCN2c3ccccc3S(=O)c3ccc(Cl)cc32)C1([2H])[2H]. The average molecular weight is 398 g/mol. The number of para-hydroxylation sites is 1. The van der Waals surface area contributed by atoms with Gasteiger partial charge in [-0.3, -0.25) is 0 Å².